The molecule has 3 aromatic rings. The summed E-state index contributed by atoms with van der Waals surface area (Å²) in [5.74, 6) is 0.163. The molecule has 1 amide bonds. The molecular weight excluding hydrogens is 460 g/mol. The molecule has 0 radical (unpaired) electrons. The van der Waals surface area contributed by atoms with Gasteiger partial charge in [-0.1, -0.05) is 11.6 Å². The highest BCUT2D eigenvalue weighted by Crippen LogP contribution is 2.28. The lowest BCUT2D eigenvalue weighted by atomic mass is 10.2. The fourth-order valence-electron chi connectivity index (χ4n) is 3.10. The van der Waals surface area contributed by atoms with E-state index in [0.29, 0.717) is 30.0 Å². The van der Waals surface area contributed by atoms with Gasteiger partial charge in [-0.05, 0) is 36.4 Å². The fourth-order valence-corrected chi connectivity index (χ4v) is 5.10. The zero-order valence-corrected chi connectivity index (χ0v) is 18.2. The highest BCUT2D eigenvalue weighted by atomic mass is 35.5. The molecule has 1 aromatic heterocycles. The number of thiazole rings is 1. The SMILES string of the molecule is N#Cc1ccc(OC2CCN(c3ccc(S(=O)(=O)Nc4nccs4)cc3)C2=O)cc1Cl.[HH]. The van der Waals surface area contributed by atoms with Crippen molar-refractivity contribution in [3.8, 4) is 11.8 Å². The average Bonchev–Trinajstić information content (AvgIpc) is 3.38. The third kappa shape index (κ3) is 4.49. The first kappa shape index (κ1) is 21.1. The van der Waals surface area contributed by atoms with E-state index in [9.17, 15) is 13.2 Å². The Bertz CT molecular complexity index is 1260. The van der Waals surface area contributed by atoms with Crippen molar-refractivity contribution in [2.24, 2.45) is 0 Å². The first-order chi connectivity index (χ1) is 14.9. The molecule has 11 heteroatoms. The average molecular weight is 477 g/mol. The lowest BCUT2D eigenvalue weighted by molar-refractivity contribution is -0.122. The number of nitrogens with zero attached hydrogens (tertiary/aromatic N) is 3. The zero-order valence-electron chi connectivity index (χ0n) is 15.9. The molecule has 1 unspecified atom stereocenters. The Labute approximate surface area is 189 Å². The van der Waals surface area contributed by atoms with E-state index < -0.39 is 16.1 Å². The summed E-state index contributed by atoms with van der Waals surface area (Å²) in [4.78, 5) is 18.3. The predicted octanol–water partition coefficient (Wildman–Crippen LogP) is 3.90. The molecule has 1 saturated heterocycles. The van der Waals surface area contributed by atoms with Crippen LogP contribution < -0.4 is 14.4 Å². The summed E-state index contributed by atoms with van der Waals surface area (Å²) in [5, 5.41) is 11.2. The number of sulfonamides is 1. The third-order valence-corrected chi connectivity index (χ3v) is 7.09. The maximum absolute atomic E-state index is 12.8. The monoisotopic (exact) mass is 476 g/mol. The Balaban J connectivity index is 0.00000289. The van der Waals surface area contributed by atoms with Crippen LogP contribution in [0.25, 0.3) is 0 Å². The number of hydrogen-bond donors (Lipinski definition) is 1. The Morgan fingerprint density at radius 3 is 2.71 bits per heavy atom. The number of anilines is 2. The van der Waals surface area contributed by atoms with Gasteiger partial charge in [0.2, 0.25) is 0 Å². The van der Waals surface area contributed by atoms with Gasteiger partial charge in [0.05, 0.1) is 15.5 Å². The van der Waals surface area contributed by atoms with Crippen molar-refractivity contribution in [2.45, 2.75) is 17.4 Å². The number of benzene rings is 2. The van der Waals surface area contributed by atoms with Gasteiger partial charge in [0.1, 0.15) is 11.8 Å². The van der Waals surface area contributed by atoms with Crippen LogP contribution >= 0.6 is 22.9 Å². The molecule has 1 fully saturated rings. The number of nitrogens with one attached hydrogen (secondary N) is 1. The molecule has 2 aromatic carbocycles. The number of ether oxygens (including phenoxy) is 1. The summed E-state index contributed by atoms with van der Waals surface area (Å²) in [6, 6.07) is 12.6. The van der Waals surface area contributed by atoms with Crippen molar-refractivity contribution >= 4 is 49.7 Å². The highest BCUT2D eigenvalue weighted by Gasteiger charge is 2.34. The zero-order chi connectivity index (χ0) is 22.0. The van der Waals surface area contributed by atoms with Crippen LogP contribution in [-0.2, 0) is 14.8 Å². The number of rotatable bonds is 6. The number of hydrogen-bond acceptors (Lipinski definition) is 7. The number of aromatic nitrogens is 1. The van der Waals surface area contributed by atoms with E-state index in [1.54, 1.807) is 28.5 Å². The highest BCUT2D eigenvalue weighted by molar-refractivity contribution is 7.93. The number of carbonyl (C=O) groups is 1. The van der Waals surface area contributed by atoms with Crippen LogP contribution in [0.3, 0.4) is 0 Å². The quantitative estimate of drug-likeness (QED) is 0.577. The van der Waals surface area contributed by atoms with Crippen LogP contribution in [0.4, 0.5) is 10.8 Å². The Kier molecular flexibility index (Phi) is 5.82. The molecule has 2 heterocycles. The van der Waals surface area contributed by atoms with Crippen molar-refractivity contribution in [2.75, 3.05) is 16.2 Å². The summed E-state index contributed by atoms with van der Waals surface area (Å²) < 4.78 is 33.1. The third-order valence-electron chi connectivity index (χ3n) is 4.61. The van der Waals surface area contributed by atoms with Gasteiger partial charge >= 0.3 is 0 Å². The summed E-state index contributed by atoms with van der Waals surface area (Å²) in [7, 11) is -3.76. The molecule has 31 heavy (non-hydrogen) atoms. The topological polar surface area (TPSA) is 112 Å². The lowest BCUT2D eigenvalue weighted by Crippen LogP contribution is -2.32. The minimum Gasteiger partial charge on any atom is -0.480 e. The van der Waals surface area contributed by atoms with Crippen LogP contribution in [0.2, 0.25) is 5.02 Å². The molecule has 160 valence electrons. The van der Waals surface area contributed by atoms with E-state index in [-0.39, 0.29) is 22.4 Å². The molecule has 4 rings (SSSR count). The van der Waals surface area contributed by atoms with Crippen LogP contribution in [-0.4, -0.2) is 32.0 Å². The van der Waals surface area contributed by atoms with Crippen molar-refractivity contribution in [1.29, 1.82) is 5.26 Å². The van der Waals surface area contributed by atoms with Gasteiger partial charge in [0.25, 0.3) is 15.9 Å². The van der Waals surface area contributed by atoms with Crippen molar-refractivity contribution in [3.63, 3.8) is 0 Å². The number of nitriles is 1. The maximum Gasteiger partial charge on any atom is 0.268 e. The standard InChI is InChI=1S/C20H15ClN4O4S2.H2/c21-17-11-15(4-1-13(17)12-22)29-18-7-9-25(19(18)26)14-2-5-16(6-3-14)31(27,28)24-20-23-8-10-30-20;/h1-6,8,10-11,18H,7,9H2,(H,23,24);1H. The second-order valence-electron chi connectivity index (χ2n) is 6.58. The summed E-state index contributed by atoms with van der Waals surface area (Å²) in [6.07, 6.45) is 1.27. The van der Waals surface area contributed by atoms with Gasteiger partial charge in [-0.2, -0.15) is 5.26 Å². The Morgan fingerprint density at radius 2 is 2.06 bits per heavy atom. The largest absolute Gasteiger partial charge is 0.480 e. The predicted molar refractivity (Wildman–Crippen MR) is 119 cm³/mol. The smallest absolute Gasteiger partial charge is 0.268 e. The molecule has 1 N–H and O–H groups in total. The van der Waals surface area contributed by atoms with Gasteiger partial charge in [-0.15, -0.1) is 11.3 Å². The van der Waals surface area contributed by atoms with E-state index in [1.165, 1.54) is 41.8 Å². The summed E-state index contributed by atoms with van der Waals surface area (Å²) >= 11 is 7.20. The fraction of sp³-hybridized carbons (Fsp3) is 0.150. The van der Waals surface area contributed by atoms with Crippen LogP contribution in [0, 0.1) is 11.3 Å². The molecule has 0 aliphatic carbocycles. The van der Waals surface area contributed by atoms with Gasteiger partial charge in [0, 0.05) is 37.7 Å². The minimum atomic E-state index is -3.76. The van der Waals surface area contributed by atoms with E-state index in [2.05, 4.69) is 9.71 Å². The first-order valence-corrected chi connectivity index (χ1v) is 11.8. The molecule has 0 saturated carbocycles. The molecule has 1 atom stereocenters. The molecule has 1 aliphatic heterocycles. The molecule has 8 nitrogen and oxygen atoms in total. The Morgan fingerprint density at radius 1 is 1.29 bits per heavy atom. The number of carbonyl (C=O) groups excluding carboxylic acids is 1. The molecule has 1 aliphatic rings. The molecule has 0 spiro atoms. The maximum atomic E-state index is 12.8. The van der Waals surface area contributed by atoms with E-state index in [1.807, 2.05) is 6.07 Å². The second kappa shape index (κ2) is 8.55. The van der Waals surface area contributed by atoms with Crippen molar-refractivity contribution in [3.05, 3.63) is 64.6 Å². The van der Waals surface area contributed by atoms with Crippen molar-refractivity contribution < 1.29 is 19.4 Å². The normalized spacial score (nSPS) is 16.2. The minimum absolute atomic E-state index is 0. The number of halogens is 1. The second-order valence-corrected chi connectivity index (χ2v) is 9.56. The summed E-state index contributed by atoms with van der Waals surface area (Å²) in [5.41, 5.74) is 0.898. The van der Waals surface area contributed by atoms with Gasteiger partial charge in [-0.25, -0.2) is 13.4 Å². The molecular formula is C20H17ClN4O4S2. The molecule has 0 bridgehead atoms. The first-order valence-electron chi connectivity index (χ1n) is 9.07. The van der Waals surface area contributed by atoms with Crippen LogP contribution in [0.5, 0.6) is 5.75 Å². The Hall–Kier alpha value is -3.13. The van der Waals surface area contributed by atoms with Crippen LogP contribution in [0.1, 0.15) is 13.4 Å². The van der Waals surface area contributed by atoms with Gasteiger partial charge in [-0.3, -0.25) is 9.52 Å². The number of amides is 1. The lowest BCUT2D eigenvalue weighted by Gasteiger charge is -2.18. The van der Waals surface area contributed by atoms with E-state index in [4.69, 9.17) is 21.6 Å². The van der Waals surface area contributed by atoms with E-state index in [0.717, 1.165) is 0 Å². The van der Waals surface area contributed by atoms with Crippen molar-refractivity contribution in [1.82, 2.24) is 4.98 Å². The van der Waals surface area contributed by atoms with Gasteiger partial charge in [0.15, 0.2) is 11.2 Å². The van der Waals surface area contributed by atoms with E-state index >= 15 is 0 Å². The van der Waals surface area contributed by atoms with Crippen LogP contribution in [0.15, 0.2) is 58.9 Å². The summed E-state index contributed by atoms with van der Waals surface area (Å²) in [6.45, 7) is 0.428. The van der Waals surface area contributed by atoms with Gasteiger partial charge < -0.3 is 9.64 Å².